The first-order valence-electron chi connectivity index (χ1n) is 6.16. The molecule has 0 aliphatic rings. The molecule has 0 saturated carbocycles. The van der Waals surface area contributed by atoms with Crippen LogP contribution in [0.4, 0.5) is 5.82 Å². The van der Waals surface area contributed by atoms with Gasteiger partial charge in [-0.25, -0.2) is 4.98 Å². The highest BCUT2D eigenvalue weighted by molar-refractivity contribution is 5.94. The predicted octanol–water partition coefficient (Wildman–Crippen LogP) is 3.96. The molecule has 2 aromatic rings. The molecule has 0 amide bonds. The Morgan fingerprint density at radius 3 is 2.35 bits per heavy atom. The van der Waals surface area contributed by atoms with Crippen molar-refractivity contribution in [2.24, 2.45) is 0 Å². The Labute approximate surface area is 103 Å². The molecule has 1 heterocycles. The summed E-state index contributed by atoms with van der Waals surface area (Å²) < 4.78 is 0. The van der Waals surface area contributed by atoms with Crippen molar-refractivity contribution in [2.75, 3.05) is 11.9 Å². The monoisotopic (exact) mass is 228 g/mol. The van der Waals surface area contributed by atoms with Crippen LogP contribution in [0.2, 0.25) is 0 Å². The Morgan fingerprint density at radius 1 is 1.12 bits per heavy atom. The molecule has 0 aliphatic carbocycles. The van der Waals surface area contributed by atoms with Gasteiger partial charge in [-0.05, 0) is 23.3 Å². The number of hydrogen-bond donors (Lipinski definition) is 1. The van der Waals surface area contributed by atoms with Crippen molar-refractivity contribution in [1.82, 2.24) is 4.98 Å². The zero-order chi connectivity index (χ0) is 12.5. The largest absolute Gasteiger partial charge is 0.370 e. The number of anilines is 1. The fourth-order valence-electron chi connectivity index (χ4n) is 2.10. The van der Waals surface area contributed by atoms with Gasteiger partial charge in [0.05, 0.1) is 0 Å². The van der Waals surface area contributed by atoms with Crippen LogP contribution in [-0.2, 0) is 5.41 Å². The maximum absolute atomic E-state index is 4.55. The van der Waals surface area contributed by atoms with Gasteiger partial charge in [0.15, 0.2) is 0 Å². The predicted molar refractivity (Wildman–Crippen MR) is 74.6 cm³/mol. The molecular weight excluding hydrogens is 208 g/mol. The van der Waals surface area contributed by atoms with E-state index in [9.17, 15) is 0 Å². The normalized spacial score (nSPS) is 11.8. The topological polar surface area (TPSA) is 24.9 Å². The molecule has 0 aliphatic heterocycles. The van der Waals surface area contributed by atoms with Crippen LogP contribution in [0.25, 0.3) is 10.8 Å². The Bertz CT molecular complexity index is 524. The van der Waals surface area contributed by atoms with E-state index in [1.54, 1.807) is 0 Å². The van der Waals surface area contributed by atoms with Crippen LogP contribution in [0.5, 0.6) is 0 Å². The van der Waals surface area contributed by atoms with Gasteiger partial charge in [0, 0.05) is 18.1 Å². The van der Waals surface area contributed by atoms with Crippen molar-refractivity contribution in [3.8, 4) is 0 Å². The minimum absolute atomic E-state index is 0.122. The van der Waals surface area contributed by atoms with Crippen LogP contribution in [0.1, 0.15) is 33.3 Å². The molecule has 90 valence electrons. The van der Waals surface area contributed by atoms with E-state index in [0.29, 0.717) is 0 Å². The molecule has 1 aromatic heterocycles. The zero-order valence-corrected chi connectivity index (χ0v) is 11.0. The first-order chi connectivity index (χ1) is 8.04. The third kappa shape index (κ3) is 2.26. The Kier molecular flexibility index (Phi) is 3.05. The molecule has 0 atom stereocenters. The lowest BCUT2D eigenvalue weighted by Crippen LogP contribution is -2.13. The molecule has 1 aromatic carbocycles. The summed E-state index contributed by atoms with van der Waals surface area (Å²) in [5.41, 5.74) is 1.42. The van der Waals surface area contributed by atoms with Crippen LogP contribution in [-0.4, -0.2) is 11.5 Å². The lowest BCUT2D eigenvalue weighted by atomic mass is 9.85. The van der Waals surface area contributed by atoms with E-state index in [4.69, 9.17) is 0 Å². The number of benzene rings is 1. The van der Waals surface area contributed by atoms with E-state index in [0.717, 1.165) is 12.4 Å². The molecule has 1 N–H and O–H groups in total. The third-order valence-electron chi connectivity index (χ3n) is 2.95. The summed E-state index contributed by atoms with van der Waals surface area (Å²) in [5.74, 6) is 0.983. The maximum atomic E-state index is 4.55. The van der Waals surface area contributed by atoms with Crippen molar-refractivity contribution >= 4 is 16.6 Å². The molecule has 0 radical (unpaired) electrons. The van der Waals surface area contributed by atoms with Gasteiger partial charge in [-0.1, -0.05) is 45.0 Å². The van der Waals surface area contributed by atoms with Gasteiger partial charge in [0.2, 0.25) is 0 Å². The van der Waals surface area contributed by atoms with Gasteiger partial charge in [-0.3, -0.25) is 0 Å². The SMILES string of the molecule is CCNc1ncc(C(C)(C)C)c2ccccc12. The van der Waals surface area contributed by atoms with Gasteiger partial charge >= 0.3 is 0 Å². The zero-order valence-electron chi connectivity index (χ0n) is 11.0. The number of fused-ring (bicyclic) bond motifs is 1. The molecule has 2 heteroatoms. The molecule has 0 saturated heterocycles. The fraction of sp³-hybridized carbons (Fsp3) is 0.400. The minimum Gasteiger partial charge on any atom is -0.370 e. The van der Waals surface area contributed by atoms with Crippen molar-refractivity contribution in [1.29, 1.82) is 0 Å². The number of aromatic nitrogens is 1. The van der Waals surface area contributed by atoms with Gasteiger partial charge in [-0.15, -0.1) is 0 Å². The molecule has 17 heavy (non-hydrogen) atoms. The molecule has 0 spiro atoms. The van der Waals surface area contributed by atoms with Crippen molar-refractivity contribution in [3.05, 3.63) is 36.0 Å². The van der Waals surface area contributed by atoms with E-state index >= 15 is 0 Å². The molecule has 0 fully saturated rings. The summed E-state index contributed by atoms with van der Waals surface area (Å²) in [6.07, 6.45) is 2.00. The van der Waals surface area contributed by atoms with Gasteiger partial charge in [0.25, 0.3) is 0 Å². The first kappa shape index (κ1) is 11.9. The van der Waals surface area contributed by atoms with E-state index in [-0.39, 0.29) is 5.41 Å². The van der Waals surface area contributed by atoms with Gasteiger partial charge < -0.3 is 5.32 Å². The summed E-state index contributed by atoms with van der Waals surface area (Å²) in [4.78, 5) is 4.55. The van der Waals surface area contributed by atoms with Crippen LogP contribution in [0.3, 0.4) is 0 Å². The average molecular weight is 228 g/mol. The second-order valence-electron chi connectivity index (χ2n) is 5.35. The van der Waals surface area contributed by atoms with Gasteiger partial charge in [0.1, 0.15) is 5.82 Å². The number of hydrogen-bond acceptors (Lipinski definition) is 2. The van der Waals surface area contributed by atoms with Crippen molar-refractivity contribution in [3.63, 3.8) is 0 Å². The second kappa shape index (κ2) is 4.36. The molecule has 2 rings (SSSR count). The van der Waals surface area contributed by atoms with Crippen molar-refractivity contribution < 1.29 is 0 Å². The smallest absolute Gasteiger partial charge is 0.133 e. The highest BCUT2D eigenvalue weighted by Crippen LogP contribution is 2.32. The molecule has 0 unspecified atom stereocenters. The summed E-state index contributed by atoms with van der Waals surface area (Å²) >= 11 is 0. The summed E-state index contributed by atoms with van der Waals surface area (Å²) in [6.45, 7) is 9.66. The Balaban J connectivity index is 2.71. The number of pyridine rings is 1. The van der Waals surface area contributed by atoms with E-state index < -0.39 is 0 Å². The fourth-order valence-corrected chi connectivity index (χ4v) is 2.10. The number of rotatable bonds is 2. The Hall–Kier alpha value is -1.57. The van der Waals surface area contributed by atoms with E-state index in [1.807, 2.05) is 6.20 Å². The quantitative estimate of drug-likeness (QED) is 0.841. The molecule has 2 nitrogen and oxygen atoms in total. The number of nitrogens with zero attached hydrogens (tertiary/aromatic N) is 1. The lowest BCUT2D eigenvalue weighted by molar-refractivity contribution is 0.593. The summed E-state index contributed by atoms with van der Waals surface area (Å²) in [7, 11) is 0. The Morgan fingerprint density at radius 2 is 1.76 bits per heavy atom. The second-order valence-corrected chi connectivity index (χ2v) is 5.35. The third-order valence-corrected chi connectivity index (χ3v) is 2.95. The molecule has 0 bridgehead atoms. The van der Waals surface area contributed by atoms with Crippen LogP contribution < -0.4 is 5.32 Å². The summed E-state index contributed by atoms with van der Waals surface area (Å²) in [6, 6.07) is 8.47. The summed E-state index contributed by atoms with van der Waals surface area (Å²) in [5, 5.41) is 5.83. The van der Waals surface area contributed by atoms with Crippen LogP contribution in [0, 0.1) is 0 Å². The lowest BCUT2D eigenvalue weighted by Gasteiger charge is -2.22. The van der Waals surface area contributed by atoms with E-state index in [1.165, 1.54) is 16.3 Å². The maximum Gasteiger partial charge on any atom is 0.133 e. The van der Waals surface area contributed by atoms with Crippen LogP contribution in [0.15, 0.2) is 30.5 Å². The minimum atomic E-state index is 0.122. The first-order valence-corrected chi connectivity index (χ1v) is 6.16. The number of nitrogens with one attached hydrogen (secondary N) is 1. The highest BCUT2D eigenvalue weighted by atomic mass is 15.0. The van der Waals surface area contributed by atoms with Crippen LogP contribution >= 0.6 is 0 Å². The standard InChI is InChI=1S/C15H20N2/c1-5-16-14-12-9-7-6-8-11(12)13(10-17-14)15(2,3)4/h6-10H,5H2,1-4H3,(H,16,17). The van der Waals surface area contributed by atoms with Gasteiger partial charge in [-0.2, -0.15) is 0 Å². The van der Waals surface area contributed by atoms with Crippen molar-refractivity contribution in [2.45, 2.75) is 33.1 Å². The van der Waals surface area contributed by atoms with E-state index in [2.05, 4.69) is 62.3 Å². The highest BCUT2D eigenvalue weighted by Gasteiger charge is 2.18. The molecular formula is C15H20N2. The average Bonchev–Trinajstić information content (AvgIpc) is 2.28.